The van der Waals surface area contributed by atoms with E-state index in [4.69, 9.17) is 4.74 Å². The van der Waals surface area contributed by atoms with Crippen molar-refractivity contribution in [3.63, 3.8) is 0 Å². The fraction of sp³-hybridized carbons (Fsp3) is 0.360. The van der Waals surface area contributed by atoms with Crippen LogP contribution in [0, 0.1) is 6.92 Å². The summed E-state index contributed by atoms with van der Waals surface area (Å²) in [5, 5.41) is 0. The molecule has 4 rings (SSSR count). The number of anilines is 2. The third-order valence-electron chi connectivity index (χ3n) is 5.76. The number of aryl methyl sites for hydroxylation is 1. The summed E-state index contributed by atoms with van der Waals surface area (Å²) < 4.78 is 5.86. The van der Waals surface area contributed by atoms with Crippen molar-refractivity contribution in [2.75, 3.05) is 37.0 Å². The van der Waals surface area contributed by atoms with Crippen molar-refractivity contribution < 1.29 is 14.3 Å². The van der Waals surface area contributed by atoms with Crippen LogP contribution in [0.15, 0.2) is 54.2 Å². The van der Waals surface area contributed by atoms with E-state index in [1.165, 1.54) is 4.90 Å². The van der Waals surface area contributed by atoms with E-state index in [0.717, 1.165) is 16.8 Å². The van der Waals surface area contributed by atoms with Gasteiger partial charge in [-0.25, -0.2) is 4.90 Å². The van der Waals surface area contributed by atoms with Gasteiger partial charge in [0.2, 0.25) is 0 Å². The van der Waals surface area contributed by atoms with Crippen LogP contribution < -0.4 is 9.80 Å². The number of rotatable bonds is 4. The van der Waals surface area contributed by atoms with Crippen LogP contribution in [0.3, 0.4) is 0 Å². The highest BCUT2D eigenvalue weighted by atomic mass is 16.5. The summed E-state index contributed by atoms with van der Waals surface area (Å²) in [7, 11) is 3.91. The predicted octanol–water partition coefficient (Wildman–Crippen LogP) is 3.45. The molecule has 2 atom stereocenters. The van der Waals surface area contributed by atoms with E-state index in [9.17, 15) is 9.59 Å². The molecule has 1 fully saturated rings. The van der Waals surface area contributed by atoms with Crippen LogP contribution in [0.1, 0.15) is 25.0 Å². The number of carbonyl (C=O) groups excluding carboxylic acids is 2. The molecule has 2 unspecified atom stereocenters. The molecule has 2 amide bonds. The van der Waals surface area contributed by atoms with Crippen molar-refractivity contribution in [2.45, 2.75) is 33.0 Å². The van der Waals surface area contributed by atoms with Crippen molar-refractivity contribution in [1.82, 2.24) is 4.90 Å². The van der Waals surface area contributed by atoms with Gasteiger partial charge in [-0.3, -0.25) is 9.59 Å². The van der Waals surface area contributed by atoms with Crippen LogP contribution in [0.4, 0.5) is 11.4 Å². The van der Waals surface area contributed by atoms with Crippen molar-refractivity contribution in [3.8, 4) is 0 Å². The lowest BCUT2D eigenvalue weighted by atomic mass is 10.0. The molecule has 162 valence electrons. The average Bonchev–Trinajstić information content (AvgIpc) is 2.98. The Morgan fingerprint density at radius 1 is 0.871 bits per heavy atom. The number of benzene rings is 2. The zero-order chi connectivity index (χ0) is 22.3. The Balaban J connectivity index is 1.79. The number of morpholine rings is 1. The van der Waals surface area contributed by atoms with Crippen molar-refractivity contribution in [3.05, 3.63) is 65.4 Å². The molecule has 0 aromatic heterocycles. The molecule has 0 radical (unpaired) electrons. The predicted molar refractivity (Wildman–Crippen MR) is 123 cm³/mol. The van der Waals surface area contributed by atoms with E-state index in [1.807, 2.05) is 93.2 Å². The third kappa shape index (κ3) is 3.95. The van der Waals surface area contributed by atoms with Crippen LogP contribution >= 0.6 is 0 Å². The Bertz CT molecular complexity index is 1010. The third-order valence-corrected chi connectivity index (χ3v) is 5.76. The summed E-state index contributed by atoms with van der Waals surface area (Å²) in [6.07, 6.45) is -0.0429. The quantitative estimate of drug-likeness (QED) is 0.711. The molecule has 2 aromatic rings. The molecule has 0 spiro atoms. The van der Waals surface area contributed by atoms with Gasteiger partial charge in [-0.05, 0) is 50.6 Å². The summed E-state index contributed by atoms with van der Waals surface area (Å²) in [5.74, 6) is -0.562. The Morgan fingerprint density at radius 2 is 1.45 bits per heavy atom. The van der Waals surface area contributed by atoms with Crippen molar-refractivity contribution >= 4 is 28.8 Å². The molecule has 0 N–H and O–H groups in total. The lowest BCUT2D eigenvalue weighted by molar-refractivity contribution is -0.121. The highest BCUT2D eigenvalue weighted by Crippen LogP contribution is 2.36. The molecule has 2 aromatic carbocycles. The van der Waals surface area contributed by atoms with Gasteiger partial charge in [0, 0.05) is 32.9 Å². The molecular formula is C25H29N3O3. The van der Waals surface area contributed by atoms with Crippen LogP contribution in [0.5, 0.6) is 0 Å². The van der Waals surface area contributed by atoms with Gasteiger partial charge in [0.25, 0.3) is 11.8 Å². The first kappa shape index (κ1) is 21.1. The standard InChI is InChI=1S/C25H29N3O3/c1-16-6-8-19(9-7-16)22-23(27-14-17(2)31-18(3)15-27)25(30)28(24(22)29)21-12-10-20(11-13-21)26(4)5/h6-13,17-18H,14-15H2,1-5H3. The first-order valence-electron chi connectivity index (χ1n) is 10.6. The maximum absolute atomic E-state index is 13.7. The fourth-order valence-corrected chi connectivity index (χ4v) is 4.29. The SMILES string of the molecule is Cc1ccc(C2=C(N3CC(C)OC(C)C3)C(=O)N(c3ccc(N(C)C)cc3)C2=O)cc1. The molecule has 2 aliphatic rings. The molecule has 2 aliphatic heterocycles. The van der Waals surface area contributed by atoms with E-state index < -0.39 is 0 Å². The first-order chi connectivity index (χ1) is 14.8. The maximum Gasteiger partial charge on any atom is 0.282 e. The zero-order valence-corrected chi connectivity index (χ0v) is 18.8. The largest absolute Gasteiger partial charge is 0.378 e. The molecule has 2 heterocycles. The molecule has 6 heteroatoms. The topological polar surface area (TPSA) is 53.1 Å². The van der Waals surface area contributed by atoms with Gasteiger partial charge < -0.3 is 14.5 Å². The monoisotopic (exact) mass is 419 g/mol. The molecule has 1 saturated heterocycles. The number of ether oxygens (including phenoxy) is 1. The molecular weight excluding hydrogens is 390 g/mol. The van der Waals surface area contributed by atoms with Gasteiger partial charge in [0.05, 0.1) is 23.5 Å². The Morgan fingerprint density at radius 3 is 2.00 bits per heavy atom. The van der Waals surface area contributed by atoms with Crippen LogP contribution in [-0.2, 0) is 14.3 Å². The maximum atomic E-state index is 13.7. The van der Waals surface area contributed by atoms with Gasteiger partial charge in [-0.2, -0.15) is 0 Å². The zero-order valence-electron chi connectivity index (χ0n) is 18.8. The van der Waals surface area contributed by atoms with Gasteiger partial charge in [0.1, 0.15) is 5.70 Å². The number of amides is 2. The van der Waals surface area contributed by atoms with E-state index in [1.54, 1.807) is 0 Å². The van der Waals surface area contributed by atoms with E-state index >= 15 is 0 Å². The Hall–Kier alpha value is -3.12. The minimum atomic E-state index is -0.284. The second-order valence-electron chi connectivity index (χ2n) is 8.61. The van der Waals surface area contributed by atoms with E-state index in [-0.39, 0.29) is 24.0 Å². The highest BCUT2D eigenvalue weighted by Gasteiger charge is 2.43. The number of carbonyl (C=O) groups is 2. The van der Waals surface area contributed by atoms with Gasteiger partial charge in [0.15, 0.2) is 0 Å². The summed E-state index contributed by atoms with van der Waals surface area (Å²) in [4.78, 5) is 32.6. The molecule has 31 heavy (non-hydrogen) atoms. The lowest BCUT2D eigenvalue weighted by Crippen LogP contribution is -2.47. The van der Waals surface area contributed by atoms with Crippen molar-refractivity contribution in [2.24, 2.45) is 0 Å². The lowest BCUT2D eigenvalue weighted by Gasteiger charge is -2.37. The molecule has 0 saturated carbocycles. The molecule has 6 nitrogen and oxygen atoms in total. The Labute approximate surface area is 183 Å². The normalized spacial score (nSPS) is 21.8. The fourth-order valence-electron chi connectivity index (χ4n) is 4.29. The first-order valence-corrected chi connectivity index (χ1v) is 10.6. The number of nitrogens with zero attached hydrogens (tertiary/aromatic N) is 3. The highest BCUT2D eigenvalue weighted by molar-refractivity contribution is 6.45. The minimum Gasteiger partial charge on any atom is -0.378 e. The smallest absolute Gasteiger partial charge is 0.282 e. The second-order valence-corrected chi connectivity index (χ2v) is 8.61. The Kier molecular flexibility index (Phi) is 5.58. The molecule has 0 bridgehead atoms. The summed E-state index contributed by atoms with van der Waals surface area (Å²) in [6, 6.07) is 15.3. The van der Waals surface area contributed by atoms with Crippen LogP contribution in [0.2, 0.25) is 0 Å². The number of hydrogen-bond acceptors (Lipinski definition) is 5. The summed E-state index contributed by atoms with van der Waals surface area (Å²) in [5.41, 5.74) is 4.38. The van der Waals surface area contributed by atoms with Gasteiger partial charge >= 0.3 is 0 Å². The molecule has 0 aliphatic carbocycles. The van der Waals surface area contributed by atoms with Crippen LogP contribution in [-0.4, -0.2) is 56.1 Å². The summed E-state index contributed by atoms with van der Waals surface area (Å²) >= 11 is 0. The van der Waals surface area contributed by atoms with E-state index in [0.29, 0.717) is 30.0 Å². The average molecular weight is 420 g/mol. The number of imide groups is 1. The van der Waals surface area contributed by atoms with Gasteiger partial charge in [-0.15, -0.1) is 0 Å². The van der Waals surface area contributed by atoms with Gasteiger partial charge in [-0.1, -0.05) is 29.8 Å². The minimum absolute atomic E-state index is 0.0214. The summed E-state index contributed by atoms with van der Waals surface area (Å²) in [6.45, 7) is 7.13. The van der Waals surface area contributed by atoms with E-state index in [2.05, 4.69) is 0 Å². The van der Waals surface area contributed by atoms with Crippen LogP contribution in [0.25, 0.3) is 5.57 Å². The number of hydrogen-bond donors (Lipinski definition) is 0. The second kappa shape index (κ2) is 8.19. The van der Waals surface area contributed by atoms with Crippen molar-refractivity contribution in [1.29, 1.82) is 0 Å².